The first kappa shape index (κ1) is 13.2. The first-order valence-corrected chi connectivity index (χ1v) is 5.43. The molecule has 0 bridgehead atoms. The standard InChI is InChI=1S/C10H16N4O3/c11-12-8(15)4-2-1-3-7-14-10(17)6-5-9(16)13-14/h5-6H,1-4,7,11H2,(H,12,15)(H,13,16). The minimum absolute atomic E-state index is 0.199. The van der Waals surface area contributed by atoms with Crippen LogP contribution in [0.4, 0.5) is 0 Å². The van der Waals surface area contributed by atoms with E-state index >= 15 is 0 Å². The van der Waals surface area contributed by atoms with E-state index in [0.717, 1.165) is 12.8 Å². The Labute approximate surface area is 97.6 Å². The van der Waals surface area contributed by atoms with Gasteiger partial charge in [-0.2, -0.15) is 0 Å². The fraction of sp³-hybridized carbons (Fsp3) is 0.500. The van der Waals surface area contributed by atoms with Crippen molar-refractivity contribution in [2.45, 2.75) is 32.2 Å². The Bertz CT molecular complexity index is 477. The third-order valence-corrected chi connectivity index (χ3v) is 2.34. The Kier molecular flexibility index (Phi) is 5.15. The number of amides is 1. The van der Waals surface area contributed by atoms with Crippen LogP contribution in [0.1, 0.15) is 25.7 Å². The van der Waals surface area contributed by atoms with Gasteiger partial charge in [0, 0.05) is 25.1 Å². The molecule has 0 spiro atoms. The van der Waals surface area contributed by atoms with Crippen molar-refractivity contribution in [3.05, 3.63) is 32.8 Å². The molecule has 0 aliphatic rings. The van der Waals surface area contributed by atoms with Gasteiger partial charge in [-0.25, -0.2) is 5.84 Å². The zero-order chi connectivity index (χ0) is 12.7. The van der Waals surface area contributed by atoms with Crippen molar-refractivity contribution in [1.82, 2.24) is 15.2 Å². The van der Waals surface area contributed by atoms with Crippen LogP contribution in [0.5, 0.6) is 0 Å². The van der Waals surface area contributed by atoms with Crippen LogP contribution in [-0.2, 0) is 11.3 Å². The molecule has 0 aromatic carbocycles. The van der Waals surface area contributed by atoms with E-state index in [9.17, 15) is 14.4 Å². The molecule has 17 heavy (non-hydrogen) atoms. The van der Waals surface area contributed by atoms with Gasteiger partial charge in [-0.1, -0.05) is 6.42 Å². The molecule has 94 valence electrons. The number of nitrogens with zero attached hydrogens (tertiary/aromatic N) is 1. The summed E-state index contributed by atoms with van der Waals surface area (Å²) in [7, 11) is 0. The lowest BCUT2D eigenvalue weighted by Crippen LogP contribution is -2.29. The Morgan fingerprint density at radius 3 is 2.76 bits per heavy atom. The second-order valence-corrected chi connectivity index (χ2v) is 3.68. The number of carbonyl (C=O) groups is 1. The number of nitrogens with one attached hydrogen (secondary N) is 2. The minimum Gasteiger partial charge on any atom is -0.294 e. The smallest absolute Gasteiger partial charge is 0.265 e. The van der Waals surface area contributed by atoms with Crippen molar-refractivity contribution in [3.8, 4) is 0 Å². The molecule has 0 saturated carbocycles. The van der Waals surface area contributed by atoms with Crippen molar-refractivity contribution < 1.29 is 4.79 Å². The number of nitrogens with two attached hydrogens (primary N) is 1. The molecular formula is C10H16N4O3. The van der Waals surface area contributed by atoms with Gasteiger partial charge in [-0.3, -0.25) is 29.6 Å². The highest BCUT2D eigenvalue weighted by molar-refractivity contribution is 5.74. The predicted molar refractivity (Wildman–Crippen MR) is 62.1 cm³/mol. The normalized spacial score (nSPS) is 10.2. The first-order valence-electron chi connectivity index (χ1n) is 5.43. The summed E-state index contributed by atoms with van der Waals surface area (Å²) in [4.78, 5) is 33.1. The van der Waals surface area contributed by atoms with Gasteiger partial charge in [0.15, 0.2) is 0 Å². The summed E-state index contributed by atoms with van der Waals surface area (Å²) in [5.41, 5.74) is 1.52. The molecule has 1 amide bonds. The maximum atomic E-state index is 11.3. The van der Waals surface area contributed by atoms with E-state index in [1.54, 1.807) is 0 Å². The zero-order valence-electron chi connectivity index (χ0n) is 9.44. The number of carbonyl (C=O) groups excluding carboxylic acids is 1. The van der Waals surface area contributed by atoms with E-state index in [1.165, 1.54) is 16.8 Å². The van der Waals surface area contributed by atoms with Gasteiger partial charge in [-0.05, 0) is 12.8 Å². The number of rotatable bonds is 6. The molecule has 1 rings (SSSR count). The second-order valence-electron chi connectivity index (χ2n) is 3.68. The minimum atomic E-state index is -0.299. The van der Waals surface area contributed by atoms with Gasteiger partial charge in [-0.15, -0.1) is 0 Å². The molecule has 0 aliphatic heterocycles. The lowest BCUT2D eigenvalue weighted by molar-refractivity contribution is -0.121. The molecule has 0 atom stereocenters. The van der Waals surface area contributed by atoms with Crippen LogP contribution in [0.15, 0.2) is 21.7 Å². The summed E-state index contributed by atoms with van der Waals surface area (Å²) < 4.78 is 1.27. The van der Waals surface area contributed by atoms with Crippen LogP contribution in [0, 0.1) is 0 Å². The highest BCUT2D eigenvalue weighted by Crippen LogP contribution is 2.00. The molecule has 7 heteroatoms. The monoisotopic (exact) mass is 240 g/mol. The van der Waals surface area contributed by atoms with Crippen LogP contribution < -0.4 is 22.4 Å². The summed E-state index contributed by atoms with van der Waals surface area (Å²) in [5, 5.41) is 2.44. The molecule has 7 nitrogen and oxygen atoms in total. The Morgan fingerprint density at radius 1 is 1.29 bits per heavy atom. The quantitative estimate of drug-likeness (QED) is 0.259. The predicted octanol–water partition coefficient (Wildman–Crippen LogP) is -0.913. The number of aromatic amines is 1. The number of hydrogen-bond acceptors (Lipinski definition) is 4. The fourth-order valence-corrected chi connectivity index (χ4v) is 1.43. The molecule has 1 aromatic rings. The van der Waals surface area contributed by atoms with Gasteiger partial charge in [0.1, 0.15) is 0 Å². The summed E-state index contributed by atoms with van der Waals surface area (Å²) in [6.45, 7) is 0.444. The van der Waals surface area contributed by atoms with Gasteiger partial charge in [0.2, 0.25) is 5.91 Å². The Morgan fingerprint density at radius 2 is 2.06 bits per heavy atom. The molecule has 0 aliphatic carbocycles. The van der Waals surface area contributed by atoms with Crippen molar-refractivity contribution in [3.63, 3.8) is 0 Å². The number of unbranched alkanes of at least 4 members (excludes halogenated alkanes) is 2. The van der Waals surface area contributed by atoms with Crippen LogP contribution >= 0.6 is 0 Å². The van der Waals surface area contributed by atoms with Crippen LogP contribution in [0.3, 0.4) is 0 Å². The topological polar surface area (TPSA) is 110 Å². The summed E-state index contributed by atoms with van der Waals surface area (Å²) in [6.07, 6.45) is 2.58. The molecule has 1 heterocycles. The fourth-order valence-electron chi connectivity index (χ4n) is 1.43. The zero-order valence-corrected chi connectivity index (χ0v) is 9.44. The van der Waals surface area contributed by atoms with Gasteiger partial charge in [0.25, 0.3) is 11.1 Å². The number of H-pyrrole nitrogens is 1. The SMILES string of the molecule is NNC(=O)CCCCCn1[nH]c(=O)ccc1=O. The second kappa shape index (κ2) is 6.64. The largest absolute Gasteiger partial charge is 0.294 e. The molecule has 0 unspecified atom stereocenters. The van der Waals surface area contributed by atoms with Gasteiger partial charge in [0.05, 0.1) is 0 Å². The maximum Gasteiger partial charge on any atom is 0.265 e. The van der Waals surface area contributed by atoms with Crippen LogP contribution in [0.2, 0.25) is 0 Å². The Balaban J connectivity index is 2.31. The summed E-state index contributed by atoms with van der Waals surface area (Å²) >= 11 is 0. The molecule has 0 radical (unpaired) electrons. The van der Waals surface area contributed by atoms with Gasteiger partial charge >= 0.3 is 0 Å². The van der Waals surface area contributed by atoms with E-state index in [0.29, 0.717) is 19.4 Å². The van der Waals surface area contributed by atoms with E-state index in [2.05, 4.69) is 5.10 Å². The van der Waals surface area contributed by atoms with Gasteiger partial charge < -0.3 is 0 Å². The number of hydrazine groups is 1. The lowest BCUT2D eigenvalue weighted by Gasteiger charge is -2.04. The number of hydrogen-bond donors (Lipinski definition) is 3. The molecular weight excluding hydrogens is 224 g/mol. The number of aromatic nitrogens is 2. The third-order valence-electron chi connectivity index (χ3n) is 2.34. The van der Waals surface area contributed by atoms with Crippen molar-refractivity contribution >= 4 is 5.91 Å². The van der Waals surface area contributed by atoms with E-state index in [4.69, 9.17) is 5.84 Å². The Hall–Kier alpha value is -1.89. The molecule has 0 fully saturated rings. The highest BCUT2D eigenvalue weighted by Gasteiger charge is 1.99. The summed E-state index contributed by atoms with van der Waals surface area (Å²) in [5.74, 6) is 4.73. The lowest BCUT2D eigenvalue weighted by atomic mass is 10.2. The van der Waals surface area contributed by atoms with E-state index < -0.39 is 0 Å². The molecule has 0 saturated heterocycles. The third kappa shape index (κ3) is 4.64. The highest BCUT2D eigenvalue weighted by atomic mass is 16.2. The average molecular weight is 240 g/mol. The van der Waals surface area contributed by atoms with Crippen molar-refractivity contribution in [2.24, 2.45) is 5.84 Å². The first-order chi connectivity index (χ1) is 8.13. The van der Waals surface area contributed by atoms with E-state index in [-0.39, 0.29) is 17.0 Å². The molecule has 1 aromatic heterocycles. The van der Waals surface area contributed by atoms with Crippen molar-refractivity contribution in [1.29, 1.82) is 0 Å². The maximum absolute atomic E-state index is 11.3. The van der Waals surface area contributed by atoms with Crippen molar-refractivity contribution in [2.75, 3.05) is 0 Å². The molecule has 4 N–H and O–H groups in total. The van der Waals surface area contributed by atoms with Crippen LogP contribution in [0.25, 0.3) is 0 Å². The number of aryl methyl sites for hydroxylation is 1. The van der Waals surface area contributed by atoms with E-state index in [1.807, 2.05) is 5.43 Å². The summed E-state index contributed by atoms with van der Waals surface area (Å²) in [6, 6.07) is 2.44. The average Bonchev–Trinajstić information content (AvgIpc) is 2.32. The van der Waals surface area contributed by atoms with Crippen LogP contribution in [-0.4, -0.2) is 15.7 Å².